The Hall–Kier alpha value is -2.38. The summed E-state index contributed by atoms with van der Waals surface area (Å²) >= 11 is 5.89. The highest BCUT2D eigenvalue weighted by atomic mass is 35.5. The van der Waals surface area contributed by atoms with Crippen LogP contribution in [0.2, 0.25) is 5.02 Å². The second-order valence-electron chi connectivity index (χ2n) is 8.34. The molecule has 8 heteroatoms. The fourth-order valence-corrected chi connectivity index (χ4v) is 6.06. The molecular formula is C23H27ClN2O4S. The van der Waals surface area contributed by atoms with Gasteiger partial charge in [0.05, 0.1) is 4.90 Å². The van der Waals surface area contributed by atoms with Gasteiger partial charge >= 0.3 is 0 Å². The van der Waals surface area contributed by atoms with Gasteiger partial charge in [-0.15, -0.1) is 0 Å². The third-order valence-corrected chi connectivity index (χ3v) is 8.25. The molecule has 0 atom stereocenters. The fourth-order valence-electron chi connectivity index (χ4n) is 3.87. The van der Waals surface area contributed by atoms with Crippen molar-refractivity contribution in [1.82, 2.24) is 0 Å². The number of halogens is 1. The Kier molecular flexibility index (Phi) is 7.06. The van der Waals surface area contributed by atoms with Gasteiger partial charge in [0.25, 0.3) is 0 Å². The molecule has 2 N–H and O–H groups in total. The molecular weight excluding hydrogens is 436 g/mol. The van der Waals surface area contributed by atoms with E-state index in [0.29, 0.717) is 35.7 Å². The minimum absolute atomic E-state index is 0.0780. The van der Waals surface area contributed by atoms with Gasteiger partial charge in [0.1, 0.15) is 0 Å². The first-order valence-corrected chi connectivity index (χ1v) is 12.2. The van der Waals surface area contributed by atoms with Crippen molar-refractivity contribution < 1.29 is 18.0 Å². The molecule has 2 aromatic rings. The average molecular weight is 463 g/mol. The maximum atomic E-state index is 13.4. The molecule has 1 aliphatic rings. The van der Waals surface area contributed by atoms with Crippen molar-refractivity contribution in [2.75, 3.05) is 10.6 Å². The van der Waals surface area contributed by atoms with E-state index in [1.807, 2.05) is 13.8 Å². The number of amides is 2. The SMILES string of the molecule is CC(C)CC(=O)Nc1ccc(NC(=O)C2(S(=O)(=O)c3ccc(Cl)cc3)CCCC2)cc1. The summed E-state index contributed by atoms with van der Waals surface area (Å²) in [5, 5.41) is 6.01. The van der Waals surface area contributed by atoms with E-state index in [2.05, 4.69) is 10.6 Å². The van der Waals surface area contributed by atoms with E-state index in [9.17, 15) is 18.0 Å². The molecule has 0 aliphatic heterocycles. The van der Waals surface area contributed by atoms with E-state index >= 15 is 0 Å². The second kappa shape index (κ2) is 9.40. The molecule has 0 saturated heterocycles. The number of benzene rings is 2. The number of nitrogens with one attached hydrogen (secondary N) is 2. The van der Waals surface area contributed by atoms with Gasteiger partial charge in [-0.3, -0.25) is 9.59 Å². The highest BCUT2D eigenvalue weighted by molar-refractivity contribution is 7.93. The van der Waals surface area contributed by atoms with Crippen molar-refractivity contribution in [2.45, 2.75) is 55.6 Å². The molecule has 0 bridgehead atoms. The Morgan fingerprint density at radius 1 is 0.935 bits per heavy atom. The lowest BCUT2D eigenvalue weighted by molar-refractivity contribution is -0.118. The lowest BCUT2D eigenvalue weighted by atomic mass is 10.1. The van der Waals surface area contributed by atoms with Gasteiger partial charge in [0.15, 0.2) is 14.6 Å². The number of rotatable bonds is 7. The predicted octanol–water partition coefficient (Wildman–Crippen LogP) is 5.05. The van der Waals surface area contributed by atoms with E-state index < -0.39 is 20.5 Å². The van der Waals surface area contributed by atoms with Crippen molar-refractivity contribution in [3.05, 3.63) is 53.6 Å². The molecule has 0 radical (unpaired) electrons. The Morgan fingerprint density at radius 2 is 1.45 bits per heavy atom. The Bertz CT molecular complexity index is 1040. The smallest absolute Gasteiger partial charge is 0.246 e. The molecule has 1 saturated carbocycles. The Labute approximate surface area is 188 Å². The van der Waals surface area contributed by atoms with Gasteiger partial charge in [-0.1, -0.05) is 38.3 Å². The van der Waals surface area contributed by atoms with Gasteiger partial charge in [-0.25, -0.2) is 8.42 Å². The van der Waals surface area contributed by atoms with Crippen LogP contribution in [0.25, 0.3) is 0 Å². The number of carbonyl (C=O) groups excluding carboxylic acids is 2. The Balaban J connectivity index is 1.78. The van der Waals surface area contributed by atoms with Crippen LogP contribution in [-0.2, 0) is 19.4 Å². The number of sulfone groups is 1. The third-order valence-electron chi connectivity index (χ3n) is 5.48. The van der Waals surface area contributed by atoms with Gasteiger partial charge in [-0.2, -0.15) is 0 Å². The van der Waals surface area contributed by atoms with Crippen molar-refractivity contribution >= 4 is 44.6 Å². The molecule has 1 fully saturated rings. The third kappa shape index (κ3) is 5.10. The molecule has 1 aliphatic carbocycles. The minimum Gasteiger partial charge on any atom is -0.326 e. The van der Waals surface area contributed by atoms with Crippen LogP contribution in [0.1, 0.15) is 46.0 Å². The van der Waals surface area contributed by atoms with Crippen molar-refractivity contribution in [3.8, 4) is 0 Å². The molecule has 3 rings (SSSR count). The predicted molar refractivity (Wildman–Crippen MR) is 123 cm³/mol. The fraction of sp³-hybridized carbons (Fsp3) is 0.391. The van der Waals surface area contributed by atoms with Crippen LogP contribution in [0.3, 0.4) is 0 Å². The van der Waals surface area contributed by atoms with Gasteiger partial charge in [0, 0.05) is 22.8 Å². The average Bonchev–Trinajstić information content (AvgIpc) is 3.21. The van der Waals surface area contributed by atoms with Crippen LogP contribution in [0.15, 0.2) is 53.4 Å². The Morgan fingerprint density at radius 3 is 1.97 bits per heavy atom. The van der Waals surface area contributed by atoms with E-state index in [-0.39, 0.29) is 29.6 Å². The van der Waals surface area contributed by atoms with Crippen LogP contribution in [0.5, 0.6) is 0 Å². The van der Waals surface area contributed by atoms with Crippen LogP contribution in [0.4, 0.5) is 11.4 Å². The van der Waals surface area contributed by atoms with Gasteiger partial charge < -0.3 is 10.6 Å². The molecule has 2 amide bonds. The molecule has 0 spiro atoms. The van der Waals surface area contributed by atoms with Crippen LogP contribution in [-0.4, -0.2) is 25.0 Å². The monoisotopic (exact) mass is 462 g/mol. The molecule has 2 aromatic carbocycles. The maximum Gasteiger partial charge on any atom is 0.246 e. The number of hydrogen-bond donors (Lipinski definition) is 2. The standard InChI is InChI=1S/C23H27ClN2O4S/c1-16(2)15-21(27)25-18-7-9-19(10-8-18)26-22(28)23(13-3-4-14-23)31(29,30)20-11-5-17(24)6-12-20/h5-12,16H,3-4,13-15H2,1-2H3,(H,25,27)(H,26,28). The number of hydrogen-bond acceptors (Lipinski definition) is 4. The zero-order valence-electron chi connectivity index (χ0n) is 17.7. The summed E-state index contributed by atoms with van der Waals surface area (Å²) in [7, 11) is -3.90. The normalized spacial score (nSPS) is 15.6. The van der Waals surface area contributed by atoms with E-state index in [0.717, 1.165) is 0 Å². The summed E-state index contributed by atoms with van der Waals surface area (Å²) < 4.78 is 25.3. The summed E-state index contributed by atoms with van der Waals surface area (Å²) in [6.07, 6.45) is 2.30. The summed E-state index contributed by atoms with van der Waals surface area (Å²) in [6.45, 7) is 3.93. The quantitative estimate of drug-likeness (QED) is 0.602. The molecule has 0 aromatic heterocycles. The van der Waals surface area contributed by atoms with Crippen molar-refractivity contribution in [3.63, 3.8) is 0 Å². The van der Waals surface area contributed by atoms with Gasteiger partial charge in [0.2, 0.25) is 11.8 Å². The highest BCUT2D eigenvalue weighted by Gasteiger charge is 2.52. The lowest BCUT2D eigenvalue weighted by Crippen LogP contribution is -2.47. The number of anilines is 2. The molecule has 0 heterocycles. The summed E-state index contributed by atoms with van der Waals surface area (Å²) in [5.41, 5.74) is 1.09. The highest BCUT2D eigenvalue weighted by Crippen LogP contribution is 2.41. The van der Waals surface area contributed by atoms with Crippen LogP contribution < -0.4 is 10.6 Å². The summed E-state index contributed by atoms with van der Waals surface area (Å²) in [5.74, 6) is -0.356. The minimum atomic E-state index is -3.90. The van der Waals surface area contributed by atoms with Crippen molar-refractivity contribution in [2.24, 2.45) is 5.92 Å². The summed E-state index contributed by atoms with van der Waals surface area (Å²) in [4.78, 5) is 25.2. The van der Waals surface area contributed by atoms with E-state index in [1.54, 1.807) is 24.3 Å². The van der Waals surface area contributed by atoms with Crippen LogP contribution >= 0.6 is 11.6 Å². The number of carbonyl (C=O) groups is 2. The van der Waals surface area contributed by atoms with E-state index in [4.69, 9.17) is 11.6 Å². The molecule has 31 heavy (non-hydrogen) atoms. The second-order valence-corrected chi connectivity index (χ2v) is 11.0. The van der Waals surface area contributed by atoms with E-state index in [1.165, 1.54) is 24.3 Å². The maximum absolute atomic E-state index is 13.4. The van der Waals surface area contributed by atoms with Crippen molar-refractivity contribution in [1.29, 1.82) is 0 Å². The molecule has 0 unspecified atom stereocenters. The molecule has 166 valence electrons. The van der Waals surface area contributed by atoms with Crippen LogP contribution in [0, 0.1) is 5.92 Å². The largest absolute Gasteiger partial charge is 0.326 e. The molecule has 6 nitrogen and oxygen atoms in total. The first-order chi connectivity index (χ1) is 14.6. The summed E-state index contributed by atoms with van der Waals surface area (Å²) in [6, 6.07) is 12.6. The zero-order valence-corrected chi connectivity index (χ0v) is 19.2. The topological polar surface area (TPSA) is 92.3 Å². The first-order valence-electron chi connectivity index (χ1n) is 10.4. The zero-order chi connectivity index (χ0) is 22.6. The lowest BCUT2D eigenvalue weighted by Gasteiger charge is -2.27. The van der Waals surface area contributed by atoms with Gasteiger partial charge in [-0.05, 0) is 67.3 Å². The first kappa shape index (κ1) is 23.3.